The minimum atomic E-state index is -0.531. The van der Waals surface area contributed by atoms with E-state index in [1.165, 1.54) is 12.4 Å². The third kappa shape index (κ3) is 3.31. The van der Waals surface area contributed by atoms with Gasteiger partial charge in [0.2, 0.25) is 0 Å². The lowest BCUT2D eigenvalue weighted by atomic mass is 10.1. The first kappa shape index (κ1) is 18.3. The van der Waals surface area contributed by atoms with E-state index >= 15 is 0 Å². The molecule has 0 aliphatic carbocycles. The first-order valence-electron chi connectivity index (χ1n) is 8.84. The number of anilines is 3. The standard InChI is InChI=1S/C21H17N5O3/c1-25(2)15-9-5-14(6-10-15)24-19(27)13-3-7-16(8-4-13)26-20(28)17-18(21(26)29)23-12-11-22-17/h3-12H,1-2H3,(H,24,27). The molecule has 0 atom stereocenters. The van der Waals surface area contributed by atoms with Crippen molar-refractivity contribution in [3.63, 3.8) is 0 Å². The summed E-state index contributed by atoms with van der Waals surface area (Å²) >= 11 is 0. The fourth-order valence-corrected chi connectivity index (χ4v) is 3.00. The Hall–Kier alpha value is -4.07. The van der Waals surface area contributed by atoms with E-state index < -0.39 is 11.8 Å². The monoisotopic (exact) mass is 387 g/mol. The van der Waals surface area contributed by atoms with Gasteiger partial charge in [-0.1, -0.05) is 0 Å². The Morgan fingerprint density at radius 3 is 1.93 bits per heavy atom. The van der Waals surface area contributed by atoms with Gasteiger partial charge in [0.05, 0.1) is 5.69 Å². The number of hydrogen-bond acceptors (Lipinski definition) is 6. The Bertz CT molecular complexity index is 1070. The molecular formula is C21H17N5O3. The predicted molar refractivity (Wildman–Crippen MR) is 108 cm³/mol. The number of carbonyl (C=O) groups is 3. The lowest BCUT2D eigenvalue weighted by Gasteiger charge is -2.14. The second-order valence-electron chi connectivity index (χ2n) is 6.64. The van der Waals surface area contributed by atoms with Crippen molar-refractivity contribution in [1.29, 1.82) is 0 Å². The van der Waals surface area contributed by atoms with Crippen LogP contribution in [0.15, 0.2) is 60.9 Å². The Morgan fingerprint density at radius 2 is 1.41 bits per heavy atom. The normalized spacial score (nSPS) is 12.7. The molecule has 0 fully saturated rings. The molecule has 8 heteroatoms. The van der Waals surface area contributed by atoms with Crippen molar-refractivity contribution in [1.82, 2.24) is 9.97 Å². The van der Waals surface area contributed by atoms with Crippen LogP contribution in [-0.4, -0.2) is 41.8 Å². The maximum Gasteiger partial charge on any atom is 0.286 e. The van der Waals surface area contributed by atoms with Crippen LogP contribution in [-0.2, 0) is 0 Å². The summed E-state index contributed by atoms with van der Waals surface area (Å²) < 4.78 is 0. The molecule has 0 radical (unpaired) electrons. The molecule has 144 valence electrons. The molecular weight excluding hydrogens is 370 g/mol. The van der Waals surface area contributed by atoms with Gasteiger partial charge >= 0.3 is 0 Å². The van der Waals surface area contributed by atoms with Crippen molar-refractivity contribution in [3.8, 4) is 0 Å². The third-order valence-electron chi connectivity index (χ3n) is 4.54. The van der Waals surface area contributed by atoms with Crippen LogP contribution in [0.2, 0.25) is 0 Å². The van der Waals surface area contributed by atoms with Crippen LogP contribution in [0.3, 0.4) is 0 Å². The summed E-state index contributed by atoms with van der Waals surface area (Å²) in [5.41, 5.74) is 2.51. The highest BCUT2D eigenvalue weighted by Crippen LogP contribution is 2.26. The van der Waals surface area contributed by atoms with E-state index in [4.69, 9.17) is 0 Å². The number of imide groups is 1. The fourth-order valence-electron chi connectivity index (χ4n) is 3.00. The molecule has 2 heterocycles. The summed E-state index contributed by atoms with van der Waals surface area (Å²) in [6.45, 7) is 0. The Labute approximate surface area is 166 Å². The van der Waals surface area contributed by atoms with Crippen LogP contribution in [0.1, 0.15) is 31.3 Å². The SMILES string of the molecule is CN(C)c1ccc(NC(=O)c2ccc(N3C(=O)c4nccnc4C3=O)cc2)cc1. The number of amides is 3. The van der Waals surface area contributed by atoms with Crippen LogP contribution in [0.25, 0.3) is 0 Å². The van der Waals surface area contributed by atoms with Crippen molar-refractivity contribution in [2.75, 3.05) is 29.2 Å². The summed E-state index contributed by atoms with van der Waals surface area (Å²) in [5, 5.41) is 2.82. The van der Waals surface area contributed by atoms with E-state index in [9.17, 15) is 14.4 Å². The molecule has 0 bridgehead atoms. The van der Waals surface area contributed by atoms with Crippen molar-refractivity contribution in [2.45, 2.75) is 0 Å². The molecule has 0 spiro atoms. The smallest absolute Gasteiger partial charge is 0.286 e. The average molecular weight is 387 g/mol. The van der Waals surface area contributed by atoms with Crippen molar-refractivity contribution in [2.24, 2.45) is 0 Å². The lowest BCUT2D eigenvalue weighted by molar-refractivity contribution is 0.0922. The molecule has 8 nitrogen and oxygen atoms in total. The predicted octanol–water partition coefficient (Wildman–Crippen LogP) is 2.60. The molecule has 4 rings (SSSR count). The minimum absolute atomic E-state index is 0.0282. The van der Waals surface area contributed by atoms with E-state index in [1.807, 2.05) is 43.3 Å². The number of aromatic nitrogens is 2. The van der Waals surface area contributed by atoms with Gasteiger partial charge in [-0.15, -0.1) is 0 Å². The molecule has 0 saturated carbocycles. The van der Waals surface area contributed by atoms with E-state index in [-0.39, 0.29) is 17.3 Å². The summed E-state index contributed by atoms with van der Waals surface area (Å²) in [6.07, 6.45) is 2.73. The summed E-state index contributed by atoms with van der Waals surface area (Å²) in [4.78, 5) is 48.3. The highest BCUT2D eigenvalue weighted by atomic mass is 16.2. The van der Waals surface area contributed by atoms with E-state index in [2.05, 4.69) is 15.3 Å². The Morgan fingerprint density at radius 1 is 0.862 bits per heavy atom. The second-order valence-corrected chi connectivity index (χ2v) is 6.64. The third-order valence-corrected chi connectivity index (χ3v) is 4.54. The number of hydrogen-bond donors (Lipinski definition) is 1. The number of rotatable bonds is 4. The molecule has 1 aliphatic rings. The molecule has 1 N–H and O–H groups in total. The zero-order valence-electron chi connectivity index (χ0n) is 15.8. The first-order valence-corrected chi connectivity index (χ1v) is 8.84. The van der Waals surface area contributed by atoms with Crippen molar-refractivity contribution in [3.05, 3.63) is 77.9 Å². The van der Waals surface area contributed by atoms with Gasteiger partial charge in [0, 0.05) is 43.4 Å². The maximum atomic E-state index is 12.5. The highest BCUT2D eigenvalue weighted by molar-refractivity contribution is 6.33. The van der Waals surface area contributed by atoms with Crippen LogP contribution in [0.5, 0.6) is 0 Å². The second kappa shape index (κ2) is 7.16. The minimum Gasteiger partial charge on any atom is -0.378 e. The fraction of sp³-hybridized carbons (Fsp3) is 0.0952. The Balaban J connectivity index is 1.50. The van der Waals surface area contributed by atoms with Gasteiger partial charge in [-0.3, -0.25) is 14.4 Å². The first-order chi connectivity index (χ1) is 14.0. The molecule has 3 aromatic rings. The van der Waals surface area contributed by atoms with Gasteiger partial charge in [-0.05, 0) is 48.5 Å². The van der Waals surface area contributed by atoms with Gasteiger partial charge in [0.15, 0.2) is 11.4 Å². The van der Waals surface area contributed by atoms with E-state index in [0.29, 0.717) is 16.9 Å². The number of carbonyl (C=O) groups excluding carboxylic acids is 3. The van der Waals surface area contributed by atoms with E-state index in [0.717, 1.165) is 10.6 Å². The molecule has 1 aromatic heterocycles. The molecule has 3 amide bonds. The topological polar surface area (TPSA) is 95.5 Å². The number of nitrogens with one attached hydrogen (secondary N) is 1. The van der Waals surface area contributed by atoms with Gasteiger partial charge in [0.25, 0.3) is 17.7 Å². The largest absolute Gasteiger partial charge is 0.378 e. The van der Waals surface area contributed by atoms with Gasteiger partial charge in [-0.25, -0.2) is 14.9 Å². The summed E-state index contributed by atoms with van der Waals surface area (Å²) in [5.74, 6) is -1.35. The number of fused-ring (bicyclic) bond motifs is 1. The van der Waals surface area contributed by atoms with Gasteiger partial charge in [-0.2, -0.15) is 0 Å². The van der Waals surface area contributed by atoms with Crippen LogP contribution >= 0.6 is 0 Å². The van der Waals surface area contributed by atoms with Crippen LogP contribution in [0, 0.1) is 0 Å². The van der Waals surface area contributed by atoms with Gasteiger partial charge in [0.1, 0.15) is 0 Å². The quantitative estimate of drug-likeness (QED) is 0.692. The molecule has 29 heavy (non-hydrogen) atoms. The van der Waals surface area contributed by atoms with Crippen molar-refractivity contribution >= 4 is 34.8 Å². The molecule has 1 aliphatic heterocycles. The lowest BCUT2D eigenvalue weighted by Crippen LogP contribution is -2.29. The number of benzene rings is 2. The van der Waals surface area contributed by atoms with Crippen molar-refractivity contribution < 1.29 is 14.4 Å². The zero-order valence-corrected chi connectivity index (χ0v) is 15.8. The van der Waals surface area contributed by atoms with Crippen LogP contribution in [0.4, 0.5) is 17.1 Å². The summed E-state index contributed by atoms with van der Waals surface area (Å²) in [6, 6.07) is 13.7. The Kier molecular flexibility index (Phi) is 4.52. The molecule has 2 aromatic carbocycles. The molecule has 0 saturated heterocycles. The summed E-state index contributed by atoms with van der Waals surface area (Å²) in [7, 11) is 3.88. The zero-order chi connectivity index (χ0) is 20.5. The maximum absolute atomic E-state index is 12.5. The van der Waals surface area contributed by atoms with Gasteiger partial charge < -0.3 is 10.2 Å². The number of nitrogens with zero attached hydrogens (tertiary/aromatic N) is 4. The van der Waals surface area contributed by atoms with E-state index in [1.54, 1.807) is 24.3 Å². The molecule has 0 unspecified atom stereocenters. The average Bonchev–Trinajstić information content (AvgIpc) is 2.99. The van der Waals surface area contributed by atoms with Crippen LogP contribution < -0.4 is 15.1 Å². The highest BCUT2D eigenvalue weighted by Gasteiger charge is 2.39.